The first-order valence-corrected chi connectivity index (χ1v) is 10.9. The van der Waals surface area contributed by atoms with Crippen molar-refractivity contribution in [2.45, 2.75) is 39.7 Å². The number of nitrogens with one attached hydrogen (secondary N) is 2. The zero-order chi connectivity index (χ0) is 23.8. The van der Waals surface area contributed by atoms with Crippen molar-refractivity contribution in [3.63, 3.8) is 0 Å². The van der Waals surface area contributed by atoms with Crippen molar-refractivity contribution in [1.29, 1.82) is 0 Å². The van der Waals surface area contributed by atoms with Gasteiger partial charge in [-0.1, -0.05) is 6.07 Å². The maximum absolute atomic E-state index is 13.0. The van der Waals surface area contributed by atoms with Crippen molar-refractivity contribution in [3.8, 4) is 5.75 Å². The largest absolute Gasteiger partial charge is 0.497 e. The van der Waals surface area contributed by atoms with Crippen LogP contribution in [0, 0.1) is 13.8 Å². The molecule has 1 amide bonds. The molecule has 0 bridgehead atoms. The van der Waals surface area contributed by atoms with Crippen LogP contribution in [0.1, 0.15) is 57.2 Å². The topological polar surface area (TPSA) is 80.6 Å². The average Bonchev–Trinajstić information content (AvgIpc) is 3.11. The lowest BCUT2D eigenvalue weighted by Crippen LogP contribution is -2.43. The van der Waals surface area contributed by atoms with Gasteiger partial charge >= 0.3 is 0 Å². The normalized spacial score (nSPS) is 15.5. The van der Waals surface area contributed by atoms with Crippen LogP contribution >= 0.6 is 0 Å². The summed E-state index contributed by atoms with van der Waals surface area (Å²) in [5.41, 5.74) is 4.37. The summed E-state index contributed by atoms with van der Waals surface area (Å²) in [6.45, 7) is 7.78. The minimum atomic E-state index is -0.246. The van der Waals surface area contributed by atoms with Gasteiger partial charge in [0.05, 0.1) is 12.7 Å². The molecule has 33 heavy (non-hydrogen) atoms. The van der Waals surface area contributed by atoms with Crippen LogP contribution in [-0.2, 0) is 6.42 Å². The van der Waals surface area contributed by atoms with Gasteiger partial charge in [0.2, 0.25) is 0 Å². The molecule has 1 aliphatic rings. The smallest absolute Gasteiger partial charge is 0.259 e. The van der Waals surface area contributed by atoms with Gasteiger partial charge in [0.15, 0.2) is 5.78 Å². The Morgan fingerprint density at radius 3 is 2.45 bits per heavy atom. The molecule has 0 spiro atoms. The van der Waals surface area contributed by atoms with E-state index < -0.39 is 0 Å². The molecule has 2 aromatic carbocycles. The number of aryl methyl sites for hydroxylation is 2. The summed E-state index contributed by atoms with van der Waals surface area (Å²) in [6.07, 6.45) is 2.48. The number of ether oxygens (including phenoxy) is 1. The van der Waals surface area contributed by atoms with Crippen LogP contribution in [0.4, 0.5) is 5.69 Å². The molecule has 0 unspecified atom stereocenters. The fraction of sp³-hybridized carbons (Fsp3) is 0.259. The molecule has 0 fully saturated rings. The lowest BCUT2D eigenvalue weighted by atomic mass is 9.85. The van der Waals surface area contributed by atoms with Gasteiger partial charge in [-0.05, 0) is 82.1 Å². The SMILES string of the molecule is COc1ccc2c(c1)/C(=C/C(=O)c1ccc(NC(=O)c3cc(C)oc3C)cc1)NC(C)(C)C2. The van der Waals surface area contributed by atoms with Crippen LogP contribution in [0.2, 0.25) is 0 Å². The second-order valence-corrected chi connectivity index (χ2v) is 8.99. The van der Waals surface area contributed by atoms with Crippen LogP contribution in [0.25, 0.3) is 5.70 Å². The number of anilines is 1. The van der Waals surface area contributed by atoms with Gasteiger partial charge in [0.25, 0.3) is 5.91 Å². The number of benzene rings is 2. The predicted octanol–water partition coefficient (Wildman–Crippen LogP) is 5.31. The van der Waals surface area contributed by atoms with Gasteiger partial charge in [-0.3, -0.25) is 9.59 Å². The van der Waals surface area contributed by atoms with E-state index in [1.807, 2.05) is 12.1 Å². The lowest BCUT2D eigenvalue weighted by Gasteiger charge is -2.35. The zero-order valence-corrected chi connectivity index (χ0v) is 19.5. The molecule has 170 valence electrons. The molecule has 6 heteroatoms. The molecule has 0 atom stereocenters. The Morgan fingerprint density at radius 1 is 1.09 bits per heavy atom. The zero-order valence-electron chi connectivity index (χ0n) is 19.5. The van der Waals surface area contributed by atoms with Gasteiger partial charge in [-0.2, -0.15) is 0 Å². The fourth-order valence-electron chi connectivity index (χ4n) is 4.14. The first-order valence-electron chi connectivity index (χ1n) is 10.9. The summed E-state index contributed by atoms with van der Waals surface area (Å²) in [5.74, 6) is 1.64. The van der Waals surface area contributed by atoms with E-state index in [-0.39, 0.29) is 17.2 Å². The molecule has 0 saturated carbocycles. The van der Waals surface area contributed by atoms with Crippen molar-refractivity contribution in [2.24, 2.45) is 0 Å². The van der Waals surface area contributed by atoms with Gasteiger partial charge < -0.3 is 19.8 Å². The van der Waals surface area contributed by atoms with Crippen molar-refractivity contribution in [1.82, 2.24) is 5.32 Å². The van der Waals surface area contributed by atoms with Crippen LogP contribution in [0.5, 0.6) is 5.75 Å². The van der Waals surface area contributed by atoms with E-state index in [2.05, 4.69) is 30.5 Å². The molecule has 2 N–H and O–H groups in total. The van der Waals surface area contributed by atoms with E-state index in [4.69, 9.17) is 9.15 Å². The number of furan rings is 1. The van der Waals surface area contributed by atoms with Gasteiger partial charge in [-0.25, -0.2) is 0 Å². The number of rotatable bonds is 5. The molecule has 3 aromatic rings. The third-order valence-corrected chi connectivity index (χ3v) is 5.70. The quantitative estimate of drug-likeness (QED) is 0.412. The molecule has 1 aromatic heterocycles. The van der Waals surface area contributed by atoms with Crippen LogP contribution < -0.4 is 15.4 Å². The van der Waals surface area contributed by atoms with Crippen molar-refractivity contribution >= 4 is 23.1 Å². The summed E-state index contributed by atoms with van der Waals surface area (Å²) in [4.78, 5) is 25.5. The van der Waals surface area contributed by atoms with Gasteiger partial charge in [0, 0.05) is 34.1 Å². The number of ketones is 1. The molecular formula is C27H28N2O4. The van der Waals surface area contributed by atoms with Crippen molar-refractivity contribution in [3.05, 3.63) is 88.4 Å². The summed E-state index contributed by atoms with van der Waals surface area (Å²) < 4.78 is 10.8. The molecular weight excluding hydrogens is 416 g/mol. The number of hydrogen-bond donors (Lipinski definition) is 2. The van der Waals surface area contributed by atoms with E-state index >= 15 is 0 Å². The Bertz CT molecular complexity index is 1250. The monoisotopic (exact) mass is 444 g/mol. The third-order valence-electron chi connectivity index (χ3n) is 5.70. The molecule has 2 heterocycles. The van der Waals surface area contributed by atoms with Crippen LogP contribution in [0.15, 0.2) is 59.0 Å². The molecule has 0 saturated heterocycles. The Hall–Kier alpha value is -3.80. The number of allylic oxidation sites excluding steroid dienone is 1. The highest BCUT2D eigenvalue weighted by Crippen LogP contribution is 2.32. The van der Waals surface area contributed by atoms with Crippen molar-refractivity contribution < 1.29 is 18.7 Å². The molecule has 6 nitrogen and oxygen atoms in total. The number of methoxy groups -OCH3 is 1. The van der Waals surface area contributed by atoms with Crippen LogP contribution in [0.3, 0.4) is 0 Å². The number of fused-ring (bicyclic) bond motifs is 1. The number of carbonyl (C=O) groups is 2. The van der Waals surface area contributed by atoms with E-state index in [1.165, 1.54) is 5.56 Å². The Labute approximate surface area is 193 Å². The van der Waals surface area contributed by atoms with Gasteiger partial charge in [-0.15, -0.1) is 0 Å². The number of carbonyl (C=O) groups excluding carboxylic acids is 2. The highest BCUT2D eigenvalue weighted by molar-refractivity contribution is 6.09. The number of amides is 1. The fourth-order valence-corrected chi connectivity index (χ4v) is 4.14. The highest BCUT2D eigenvalue weighted by atomic mass is 16.5. The minimum absolute atomic E-state index is 0.122. The van der Waals surface area contributed by atoms with E-state index in [1.54, 1.807) is 57.4 Å². The molecule has 0 radical (unpaired) electrons. The van der Waals surface area contributed by atoms with Gasteiger partial charge in [0.1, 0.15) is 17.3 Å². The maximum atomic E-state index is 13.0. The number of hydrogen-bond acceptors (Lipinski definition) is 5. The summed E-state index contributed by atoms with van der Waals surface area (Å²) in [6, 6.07) is 14.5. The maximum Gasteiger partial charge on any atom is 0.259 e. The van der Waals surface area contributed by atoms with Crippen molar-refractivity contribution in [2.75, 3.05) is 12.4 Å². The Balaban J connectivity index is 1.55. The summed E-state index contributed by atoms with van der Waals surface area (Å²) in [5, 5.41) is 6.33. The van der Waals surface area contributed by atoms with Crippen LogP contribution in [-0.4, -0.2) is 24.3 Å². The molecule has 4 rings (SSSR count). The summed E-state index contributed by atoms with van der Waals surface area (Å²) in [7, 11) is 1.63. The van der Waals surface area contributed by atoms with E-state index in [0.29, 0.717) is 28.3 Å². The minimum Gasteiger partial charge on any atom is -0.497 e. The predicted molar refractivity (Wildman–Crippen MR) is 129 cm³/mol. The Kier molecular flexibility index (Phi) is 5.85. The summed E-state index contributed by atoms with van der Waals surface area (Å²) >= 11 is 0. The Morgan fingerprint density at radius 2 is 1.82 bits per heavy atom. The van der Waals surface area contributed by atoms with E-state index in [0.717, 1.165) is 23.4 Å². The highest BCUT2D eigenvalue weighted by Gasteiger charge is 2.28. The second-order valence-electron chi connectivity index (χ2n) is 8.99. The standard InChI is InChI=1S/C27H28N2O4/c1-16-12-22(17(2)33-16)26(31)28-20-9-6-18(7-10-20)25(30)14-24-23-13-21(32-5)11-8-19(23)15-27(3,4)29-24/h6-14,29H,15H2,1-5H3,(H,28,31)/b24-14-. The van der Waals surface area contributed by atoms with E-state index in [9.17, 15) is 9.59 Å². The molecule has 1 aliphatic heterocycles. The lowest BCUT2D eigenvalue weighted by molar-refractivity contribution is 0.102. The second kappa shape index (κ2) is 8.62. The molecule has 0 aliphatic carbocycles. The third kappa shape index (κ3) is 4.85. The first-order chi connectivity index (χ1) is 15.6. The first kappa shape index (κ1) is 22.4. The average molecular weight is 445 g/mol.